The van der Waals surface area contributed by atoms with E-state index in [0.29, 0.717) is 5.41 Å². The Morgan fingerprint density at radius 1 is 1.27 bits per heavy atom. The molecule has 0 aromatic heterocycles. The second kappa shape index (κ2) is 4.67. The molecule has 0 unspecified atom stereocenters. The van der Waals surface area contributed by atoms with E-state index in [0.717, 1.165) is 13.1 Å². The van der Waals surface area contributed by atoms with Gasteiger partial charge in [-0.1, -0.05) is 35.0 Å². The zero-order valence-corrected chi connectivity index (χ0v) is 10.8. The van der Waals surface area contributed by atoms with Crippen LogP contribution < -0.4 is 5.32 Å². The van der Waals surface area contributed by atoms with Gasteiger partial charge in [-0.25, -0.2) is 0 Å². The first-order valence-corrected chi connectivity index (χ1v) is 6.53. The Balaban J connectivity index is 1.99. The van der Waals surface area contributed by atoms with Gasteiger partial charge >= 0.3 is 0 Å². The van der Waals surface area contributed by atoms with Crippen LogP contribution in [0.15, 0.2) is 28.7 Å². The number of benzene rings is 1. The van der Waals surface area contributed by atoms with Gasteiger partial charge in [0.2, 0.25) is 0 Å². The molecule has 1 aromatic rings. The molecule has 1 saturated carbocycles. The molecule has 1 aliphatic carbocycles. The second-order valence-corrected chi connectivity index (χ2v) is 5.38. The van der Waals surface area contributed by atoms with Crippen LogP contribution in [0.5, 0.6) is 0 Å². The molecule has 15 heavy (non-hydrogen) atoms. The van der Waals surface area contributed by atoms with Crippen molar-refractivity contribution in [2.45, 2.75) is 31.6 Å². The van der Waals surface area contributed by atoms with E-state index in [4.69, 9.17) is 0 Å². The maximum absolute atomic E-state index is 3.54. The molecule has 0 saturated heterocycles. The molecule has 0 amide bonds. The first-order chi connectivity index (χ1) is 7.27. The van der Waals surface area contributed by atoms with Gasteiger partial charge in [0.1, 0.15) is 0 Å². The monoisotopic (exact) mass is 267 g/mol. The van der Waals surface area contributed by atoms with Crippen LogP contribution in [0.1, 0.15) is 31.7 Å². The first kappa shape index (κ1) is 11.2. The van der Waals surface area contributed by atoms with Crippen LogP contribution in [0.2, 0.25) is 0 Å². The van der Waals surface area contributed by atoms with Gasteiger partial charge in [-0.3, -0.25) is 0 Å². The van der Waals surface area contributed by atoms with E-state index in [1.54, 1.807) is 0 Å². The molecule has 82 valence electrons. The first-order valence-electron chi connectivity index (χ1n) is 5.74. The van der Waals surface area contributed by atoms with Gasteiger partial charge in [-0.15, -0.1) is 0 Å². The van der Waals surface area contributed by atoms with Crippen LogP contribution in [0.3, 0.4) is 0 Å². The minimum Gasteiger partial charge on any atom is -0.316 e. The molecule has 0 radical (unpaired) electrons. The summed E-state index contributed by atoms with van der Waals surface area (Å²) in [5.74, 6) is 0. The zero-order valence-electron chi connectivity index (χ0n) is 9.22. The van der Waals surface area contributed by atoms with E-state index in [2.05, 4.69) is 52.4 Å². The summed E-state index contributed by atoms with van der Waals surface area (Å²) < 4.78 is 1.17. The summed E-state index contributed by atoms with van der Waals surface area (Å²) in [4.78, 5) is 0. The minimum absolute atomic E-state index is 0.454. The molecule has 0 bridgehead atoms. The Morgan fingerprint density at radius 3 is 2.47 bits per heavy atom. The number of hydrogen-bond donors (Lipinski definition) is 1. The van der Waals surface area contributed by atoms with Gasteiger partial charge in [0, 0.05) is 16.4 Å². The third-order valence-corrected chi connectivity index (χ3v) is 3.73. The molecular formula is C13H18BrN. The van der Waals surface area contributed by atoms with Crippen LogP contribution in [-0.4, -0.2) is 13.1 Å². The summed E-state index contributed by atoms with van der Waals surface area (Å²) in [5, 5.41) is 3.54. The smallest absolute Gasteiger partial charge is 0.0175 e. The number of hydrogen-bond acceptors (Lipinski definition) is 1. The Labute approximate surface area is 100 Å². The molecule has 2 heteroatoms. The van der Waals surface area contributed by atoms with Crippen molar-refractivity contribution in [1.82, 2.24) is 5.32 Å². The van der Waals surface area contributed by atoms with Gasteiger partial charge in [0.05, 0.1) is 0 Å². The summed E-state index contributed by atoms with van der Waals surface area (Å²) in [6.45, 7) is 4.49. The summed E-state index contributed by atoms with van der Waals surface area (Å²) in [7, 11) is 0. The van der Waals surface area contributed by atoms with Crippen molar-refractivity contribution in [3.63, 3.8) is 0 Å². The Bertz CT molecular complexity index is 314. The van der Waals surface area contributed by atoms with Gasteiger partial charge in [-0.2, -0.15) is 0 Å². The molecule has 0 heterocycles. The van der Waals surface area contributed by atoms with Crippen molar-refractivity contribution in [1.29, 1.82) is 0 Å². The molecular weight excluding hydrogens is 250 g/mol. The van der Waals surface area contributed by atoms with E-state index in [1.807, 2.05) is 0 Å². The lowest BCUT2D eigenvalue weighted by Gasteiger charge is -2.16. The van der Waals surface area contributed by atoms with E-state index in [9.17, 15) is 0 Å². The number of halogens is 1. The van der Waals surface area contributed by atoms with Crippen LogP contribution in [-0.2, 0) is 5.41 Å². The average Bonchev–Trinajstić information content (AvgIpc) is 3.00. The minimum atomic E-state index is 0.454. The Hall–Kier alpha value is -0.340. The molecule has 0 atom stereocenters. The van der Waals surface area contributed by atoms with E-state index in [1.165, 1.54) is 29.3 Å². The molecule has 0 spiro atoms. The fourth-order valence-electron chi connectivity index (χ4n) is 2.03. The molecule has 0 aliphatic heterocycles. The van der Waals surface area contributed by atoms with Gasteiger partial charge in [0.25, 0.3) is 0 Å². The topological polar surface area (TPSA) is 12.0 Å². The third kappa shape index (κ3) is 2.61. The van der Waals surface area contributed by atoms with Gasteiger partial charge < -0.3 is 5.32 Å². The van der Waals surface area contributed by atoms with E-state index < -0.39 is 0 Å². The average molecular weight is 268 g/mol. The highest BCUT2D eigenvalue weighted by molar-refractivity contribution is 9.10. The summed E-state index contributed by atoms with van der Waals surface area (Å²) in [6.07, 6.45) is 3.90. The van der Waals surface area contributed by atoms with Gasteiger partial charge in [0.15, 0.2) is 0 Å². The predicted octanol–water partition coefficient (Wildman–Crippen LogP) is 3.48. The van der Waals surface area contributed by atoms with Crippen molar-refractivity contribution >= 4 is 15.9 Å². The van der Waals surface area contributed by atoms with E-state index >= 15 is 0 Å². The lowest BCUT2D eigenvalue weighted by atomic mass is 9.96. The number of rotatable bonds is 5. The summed E-state index contributed by atoms with van der Waals surface area (Å²) in [6, 6.07) is 8.81. The lowest BCUT2D eigenvalue weighted by molar-refractivity contribution is 0.571. The highest BCUT2D eigenvalue weighted by Gasteiger charge is 2.43. The van der Waals surface area contributed by atoms with Gasteiger partial charge in [-0.05, 0) is 43.5 Å². The van der Waals surface area contributed by atoms with Crippen LogP contribution in [0.4, 0.5) is 0 Å². The molecule has 1 N–H and O–H groups in total. The largest absolute Gasteiger partial charge is 0.316 e. The summed E-state index contributed by atoms with van der Waals surface area (Å²) >= 11 is 3.48. The van der Waals surface area contributed by atoms with Crippen molar-refractivity contribution in [3.8, 4) is 0 Å². The van der Waals surface area contributed by atoms with Crippen molar-refractivity contribution in [2.75, 3.05) is 13.1 Å². The van der Waals surface area contributed by atoms with Crippen LogP contribution >= 0.6 is 15.9 Å². The highest BCUT2D eigenvalue weighted by Crippen LogP contribution is 2.47. The predicted molar refractivity (Wildman–Crippen MR) is 68.2 cm³/mol. The quantitative estimate of drug-likeness (QED) is 0.806. The van der Waals surface area contributed by atoms with E-state index in [-0.39, 0.29) is 0 Å². The van der Waals surface area contributed by atoms with Crippen LogP contribution in [0.25, 0.3) is 0 Å². The number of nitrogens with one attached hydrogen (secondary N) is 1. The third-order valence-electron chi connectivity index (χ3n) is 3.20. The van der Waals surface area contributed by atoms with Crippen molar-refractivity contribution < 1.29 is 0 Å². The molecule has 1 nitrogen and oxygen atoms in total. The standard InChI is InChI=1S/C13H18BrN/c1-2-9-15-10-13(7-8-13)11-3-5-12(14)6-4-11/h3-6,15H,2,7-10H2,1H3. The maximum atomic E-state index is 3.54. The molecule has 1 aliphatic rings. The highest BCUT2D eigenvalue weighted by atomic mass is 79.9. The Kier molecular flexibility index (Phi) is 3.47. The fraction of sp³-hybridized carbons (Fsp3) is 0.538. The van der Waals surface area contributed by atoms with Crippen molar-refractivity contribution in [3.05, 3.63) is 34.3 Å². The van der Waals surface area contributed by atoms with Crippen LogP contribution in [0, 0.1) is 0 Å². The fourth-order valence-corrected chi connectivity index (χ4v) is 2.29. The molecule has 2 rings (SSSR count). The summed E-state index contributed by atoms with van der Waals surface area (Å²) in [5.41, 5.74) is 1.95. The molecule has 1 fully saturated rings. The SMILES string of the molecule is CCCNCC1(c2ccc(Br)cc2)CC1. The maximum Gasteiger partial charge on any atom is 0.0175 e. The lowest BCUT2D eigenvalue weighted by Crippen LogP contribution is -2.27. The molecule has 1 aromatic carbocycles. The Morgan fingerprint density at radius 2 is 1.93 bits per heavy atom. The zero-order chi connectivity index (χ0) is 10.7. The normalized spacial score (nSPS) is 17.7. The van der Waals surface area contributed by atoms with Crippen molar-refractivity contribution in [2.24, 2.45) is 0 Å². The second-order valence-electron chi connectivity index (χ2n) is 4.46.